The van der Waals surface area contributed by atoms with Gasteiger partial charge in [-0.1, -0.05) is 6.07 Å². The molecule has 4 nitrogen and oxygen atoms in total. The van der Waals surface area contributed by atoms with Crippen LogP contribution in [0.3, 0.4) is 0 Å². The van der Waals surface area contributed by atoms with Crippen LogP contribution in [0.5, 0.6) is 0 Å². The molecule has 1 amide bonds. The number of benzene rings is 1. The van der Waals surface area contributed by atoms with Gasteiger partial charge in [0.05, 0.1) is 12.6 Å². The van der Waals surface area contributed by atoms with Gasteiger partial charge in [0.2, 0.25) is 5.91 Å². The standard InChI is InChI=1S/C14H19F2N3O.ClH/c1-9-10(5-4-6-12(9)19(2)3)18-13(20)11-7-14(15,16)8-17-11;/h4-6,11,17H,7-8H2,1-3H3,(H,18,20);1H. The minimum atomic E-state index is -2.80. The zero-order valence-electron chi connectivity index (χ0n) is 12.2. The number of carbonyl (C=O) groups excluding carboxylic acids is 1. The summed E-state index contributed by atoms with van der Waals surface area (Å²) < 4.78 is 26.2. The molecule has 2 rings (SSSR count). The van der Waals surface area contributed by atoms with Crippen molar-refractivity contribution in [1.29, 1.82) is 0 Å². The zero-order valence-corrected chi connectivity index (χ0v) is 13.1. The van der Waals surface area contributed by atoms with Crippen molar-refractivity contribution in [3.8, 4) is 0 Å². The van der Waals surface area contributed by atoms with Gasteiger partial charge in [-0.2, -0.15) is 0 Å². The summed E-state index contributed by atoms with van der Waals surface area (Å²) in [5.41, 5.74) is 2.54. The van der Waals surface area contributed by atoms with E-state index in [1.165, 1.54) is 0 Å². The smallest absolute Gasteiger partial charge is 0.262 e. The third-order valence-electron chi connectivity index (χ3n) is 3.47. The molecular weight excluding hydrogens is 300 g/mol. The van der Waals surface area contributed by atoms with E-state index in [9.17, 15) is 13.6 Å². The van der Waals surface area contributed by atoms with Crippen molar-refractivity contribution < 1.29 is 13.6 Å². The minimum absolute atomic E-state index is 0. The van der Waals surface area contributed by atoms with E-state index in [-0.39, 0.29) is 12.4 Å². The molecule has 0 aromatic heterocycles. The van der Waals surface area contributed by atoms with Gasteiger partial charge in [-0.3, -0.25) is 10.1 Å². The largest absolute Gasteiger partial charge is 0.377 e. The molecule has 1 aliphatic rings. The van der Waals surface area contributed by atoms with Crippen LogP contribution in [0, 0.1) is 6.92 Å². The van der Waals surface area contributed by atoms with Crippen LogP contribution in [-0.2, 0) is 4.79 Å². The summed E-state index contributed by atoms with van der Waals surface area (Å²) in [4.78, 5) is 14.0. The van der Waals surface area contributed by atoms with Gasteiger partial charge in [-0.05, 0) is 24.6 Å². The van der Waals surface area contributed by atoms with Gasteiger partial charge >= 0.3 is 0 Å². The number of hydrogen-bond donors (Lipinski definition) is 2. The van der Waals surface area contributed by atoms with E-state index in [1.54, 1.807) is 6.07 Å². The third kappa shape index (κ3) is 4.04. The highest BCUT2D eigenvalue weighted by Gasteiger charge is 2.42. The van der Waals surface area contributed by atoms with Crippen LogP contribution in [0.1, 0.15) is 12.0 Å². The molecule has 0 saturated carbocycles. The Kier molecular flexibility index (Phi) is 5.53. The molecule has 2 N–H and O–H groups in total. The lowest BCUT2D eigenvalue weighted by Crippen LogP contribution is -2.35. The summed E-state index contributed by atoms with van der Waals surface area (Å²) in [7, 11) is 3.82. The van der Waals surface area contributed by atoms with Crippen LogP contribution < -0.4 is 15.5 Å². The molecule has 1 atom stereocenters. The van der Waals surface area contributed by atoms with Crippen molar-refractivity contribution in [1.82, 2.24) is 5.32 Å². The SMILES string of the molecule is Cc1c(NC(=O)C2CC(F)(F)CN2)cccc1N(C)C.Cl. The Labute approximate surface area is 129 Å². The first-order chi connectivity index (χ1) is 9.30. The predicted molar refractivity (Wildman–Crippen MR) is 82.7 cm³/mol. The molecule has 1 unspecified atom stereocenters. The number of alkyl halides is 2. The molecule has 1 aromatic rings. The molecule has 0 aliphatic carbocycles. The van der Waals surface area contributed by atoms with E-state index in [0.717, 1.165) is 11.3 Å². The maximum absolute atomic E-state index is 13.1. The fourth-order valence-corrected chi connectivity index (χ4v) is 2.36. The summed E-state index contributed by atoms with van der Waals surface area (Å²) >= 11 is 0. The Balaban J connectivity index is 0.00000220. The molecule has 118 valence electrons. The lowest BCUT2D eigenvalue weighted by Gasteiger charge is -2.19. The second-order valence-electron chi connectivity index (χ2n) is 5.33. The average molecular weight is 320 g/mol. The summed E-state index contributed by atoms with van der Waals surface area (Å²) in [6.07, 6.45) is -0.453. The maximum Gasteiger partial charge on any atom is 0.262 e. The van der Waals surface area contributed by atoms with Crippen molar-refractivity contribution in [3.05, 3.63) is 23.8 Å². The van der Waals surface area contributed by atoms with Crippen molar-refractivity contribution in [2.24, 2.45) is 0 Å². The van der Waals surface area contributed by atoms with E-state index >= 15 is 0 Å². The first-order valence-corrected chi connectivity index (χ1v) is 6.49. The molecule has 0 radical (unpaired) electrons. The highest BCUT2D eigenvalue weighted by Crippen LogP contribution is 2.28. The normalized spacial score (nSPS) is 19.8. The van der Waals surface area contributed by atoms with Crippen LogP contribution in [-0.4, -0.2) is 38.5 Å². The minimum Gasteiger partial charge on any atom is -0.377 e. The lowest BCUT2D eigenvalue weighted by molar-refractivity contribution is -0.118. The number of nitrogens with zero attached hydrogens (tertiary/aromatic N) is 1. The first kappa shape index (κ1) is 17.7. The second-order valence-corrected chi connectivity index (χ2v) is 5.33. The van der Waals surface area contributed by atoms with E-state index < -0.39 is 30.8 Å². The van der Waals surface area contributed by atoms with Crippen LogP contribution >= 0.6 is 12.4 Å². The molecule has 21 heavy (non-hydrogen) atoms. The summed E-state index contributed by atoms with van der Waals surface area (Å²) in [6, 6.07) is 4.70. The Morgan fingerprint density at radius 1 is 1.43 bits per heavy atom. The Bertz CT molecular complexity index is 523. The Morgan fingerprint density at radius 2 is 2.10 bits per heavy atom. The van der Waals surface area contributed by atoms with Crippen LogP contribution in [0.4, 0.5) is 20.2 Å². The quantitative estimate of drug-likeness (QED) is 0.899. The van der Waals surface area contributed by atoms with Crippen molar-refractivity contribution in [2.75, 3.05) is 30.9 Å². The van der Waals surface area contributed by atoms with Gasteiger partial charge in [-0.15, -0.1) is 12.4 Å². The molecule has 1 aliphatic heterocycles. The number of anilines is 2. The highest BCUT2D eigenvalue weighted by molar-refractivity contribution is 5.96. The average Bonchev–Trinajstić information content (AvgIpc) is 2.72. The van der Waals surface area contributed by atoms with Crippen molar-refractivity contribution >= 4 is 29.7 Å². The van der Waals surface area contributed by atoms with Crippen LogP contribution in [0.25, 0.3) is 0 Å². The van der Waals surface area contributed by atoms with Gasteiger partial charge in [0.1, 0.15) is 0 Å². The van der Waals surface area contributed by atoms with Crippen LogP contribution in [0.2, 0.25) is 0 Å². The van der Waals surface area contributed by atoms with Gasteiger partial charge in [0.25, 0.3) is 5.92 Å². The summed E-state index contributed by atoms with van der Waals surface area (Å²) in [5, 5.41) is 5.28. The monoisotopic (exact) mass is 319 g/mol. The fourth-order valence-electron chi connectivity index (χ4n) is 2.36. The van der Waals surface area contributed by atoms with Gasteiger partial charge in [0.15, 0.2) is 0 Å². The fraction of sp³-hybridized carbons (Fsp3) is 0.500. The number of nitrogens with one attached hydrogen (secondary N) is 2. The van der Waals surface area contributed by atoms with Crippen LogP contribution in [0.15, 0.2) is 18.2 Å². The van der Waals surface area contributed by atoms with E-state index in [2.05, 4.69) is 10.6 Å². The zero-order chi connectivity index (χ0) is 14.9. The number of carbonyl (C=O) groups is 1. The van der Waals surface area contributed by atoms with Gasteiger partial charge < -0.3 is 10.2 Å². The van der Waals surface area contributed by atoms with Gasteiger partial charge in [-0.25, -0.2) is 8.78 Å². The number of rotatable bonds is 3. The number of amides is 1. The van der Waals surface area contributed by atoms with Crippen molar-refractivity contribution in [3.63, 3.8) is 0 Å². The van der Waals surface area contributed by atoms with Crippen molar-refractivity contribution in [2.45, 2.75) is 25.3 Å². The molecule has 1 saturated heterocycles. The number of hydrogen-bond acceptors (Lipinski definition) is 3. The molecule has 1 aromatic carbocycles. The number of halogens is 3. The maximum atomic E-state index is 13.1. The lowest BCUT2D eigenvalue weighted by atomic mass is 10.1. The molecule has 7 heteroatoms. The summed E-state index contributed by atoms with van der Waals surface area (Å²) in [5.74, 6) is -3.22. The third-order valence-corrected chi connectivity index (χ3v) is 3.47. The highest BCUT2D eigenvalue weighted by atomic mass is 35.5. The topological polar surface area (TPSA) is 44.4 Å². The molecular formula is C14H20ClF2N3O. The van der Waals surface area contributed by atoms with E-state index in [1.807, 2.05) is 38.1 Å². The van der Waals surface area contributed by atoms with E-state index in [0.29, 0.717) is 5.69 Å². The molecule has 0 bridgehead atoms. The molecule has 0 spiro atoms. The predicted octanol–water partition coefficient (Wildman–Crippen LogP) is 2.42. The first-order valence-electron chi connectivity index (χ1n) is 6.49. The summed E-state index contributed by atoms with van der Waals surface area (Å²) in [6.45, 7) is 1.45. The molecule has 1 fully saturated rings. The molecule has 1 heterocycles. The Hall–Kier alpha value is -1.40. The Morgan fingerprint density at radius 3 is 2.62 bits per heavy atom. The van der Waals surface area contributed by atoms with E-state index in [4.69, 9.17) is 0 Å². The second kappa shape index (κ2) is 6.58. The van der Waals surface area contributed by atoms with Gasteiger partial charge in [0, 0.05) is 31.9 Å².